The van der Waals surface area contributed by atoms with Gasteiger partial charge in [0.25, 0.3) is 5.91 Å². The van der Waals surface area contributed by atoms with E-state index in [4.69, 9.17) is 0 Å². The van der Waals surface area contributed by atoms with E-state index in [1.807, 2.05) is 0 Å². The summed E-state index contributed by atoms with van der Waals surface area (Å²) in [5.74, 6) is -0.518. The third kappa shape index (κ3) is 5.51. The van der Waals surface area contributed by atoms with Crippen LogP contribution >= 0.6 is 0 Å². The summed E-state index contributed by atoms with van der Waals surface area (Å²) in [4.78, 5) is 23.1. The van der Waals surface area contributed by atoms with Gasteiger partial charge in [-0.25, -0.2) is 5.43 Å². The zero-order chi connectivity index (χ0) is 15.1. The summed E-state index contributed by atoms with van der Waals surface area (Å²) in [6, 6.07) is 5.76. The first-order valence-electron chi connectivity index (χ1n) is 6.24. The standard InChI is InChI=1S/C14H19N3O3/c1-9(2)16-17-14(20)13(15-10(3)18)8-11-4-6-12(19)7-5-11/h4-7,13,19H,8H2,1-3H3,(H,15,18)(H,17,20). The molecule has 0 heterocycles. The molecule has 0 saturated heterocycles. The number of aromatic hydroxyl groups is 1. The van der Waals surface area contributed by atoms with Gasteiger partial charge in [0, 0.05) is 19.1 Å². The van der Waals surface area contributed by atoms with Gasteiger partial charge in [-0.15, -0.1) is 0 Å². The van der Waals surface area contributed by atoms with E-state index in [0.29, 0.717) is 12.1 Å². The van der Waals surface area contributed by atoms with Crippen molar-refractivity contribution in [1.82, 2.24) is 10.7 Å². The van der Waals surface area contributed by atoms with Crippen molar-refractivity contribution in [3.8, 4) is 5.75 Å². The lowest BCUT2D eigenvalue weighted by molar-refractivity contribution is -0.128. The molecular formula is C14H19N3O3. The molecule has 108 valence electrons. The SMILES string of the molecule is CC(=O)NC(Cc1ccc(O)cc1)C(=O)NN=C(C)C. The molecule has 0 fully saturated rings. The number of carbonyl (C=O) groups excluding carboxylic acids is 2. The largest absolute Gasteiger partial charge is 0.508 e. The number of nitrogens with zero attached hydrogens (tertiary/aromatic N) is 1. The first kappa shape index (κ1) is 15.7. The molecule has 20 heavy (non-hydrogen) atoms. The minimum atomic E-state index is -0.708. The lowest BCUT2D eigenvalue weighted by Gasteiger charge is -2.16. The number of rotatable bonds is 5. The van der Waals surface area contributed by atoms with Crippen molar-refractivity contribution in [3.63, 3.8) is 0 Å². The number of phenolic OH excluding ortho intramolecular Hbond substituents is 1. The monoisotopic (exact) mass is 277 g/mol. The highest BCUT2D eigenvalue weighted by molar-refractivity contribution is 5.88. The van der Waals surface area contributed by atoms with Crippen LogP contribution in [0.4, 0.5) is 0 Å². The summed E-state index contributed by atoms with van der Waals surface area (Å²) >= 11 is 0. The van der Waals surface area contributed by atoms with Crippen LogP contribution in [0.1, 0.15) is 26.3 Å². The summed E-state index contributed by atoms with van der Waals surface area (Å²) in [5.41, 5.74) is 3.94. The molecule has 6 nitrogen and oxygen atoms in total. The molecule has 0 aliphatic rings. The fraction of sp³-hybridized carbons (Fsp3) is 0.357. The van der Waals surface area contributed by atoms with Gasteiger partial charge >= 0.3 is 0 Å². The highest BCUT2D eigenvalue weighted by Crippen LogP contribution is 2.11. The summed E-state index contributed by atoms with van der Waals surface area (Å²) < 4.78 is 0. The van der Waals surface area contributed by atoms with Gasteiger partial charge in [-0.2, -0.15) is 5.10 Å². The van der Waals surface area contributed by atoms with E-state index in [1.54, 1.807) is 26.0 Å². The molecule has 0 radical (unpaired) electrons. The number of phenols is 1. The van der Waals surface area contributed by atoms with Crippen molar-refractivity contribution in [1.29, 1.82) is 0 Å². The molecular weight excluding hydrogens is 258 g/mol. The van der Waals surface area contributed by atoms with Crippen LogP contribution < -0.4 is 10.7 Å². The Bertz CT molecular complexity index is 505. The number of hydrogen-bond donors (Lipinski definition) is 3. The van der Waals surface area contributed by atoms with Crippen LogP contribution in [0.15, 0.2) is 29.4 Å². The Morgan fingerprint density at radius 2 is 1.80 bits per heavy atom. The molecule has 1 atom stereocenters. The summed E-state index contributed by atoms with van der Waals surface area (Å²) in [7, 11) is 0. The number of carbonyl (C=O) groups is 2. The van der Waals surface area contributed by atoms with Crippen LogP contribution in [0.3, 0.4) is 0 Å². The lowest BCUT2D eigenvalue weighted by atomic mass is 10.1. The Balaban J connectivity index is 2.78. The molecule has 0 aliphatic carbocycles. The Hall–Kier alpha value is -2.37. The number of amides is 2. The smallest absolute Gasteiger partial charge is 0.262 e. The predicted octanol–water partition coefficient (Wildman–Crippen LogP) is 0.951. The zero-order valence-corrected chi connectivity index (χ0v) is 11.8. The summed E-state index contributed by atoms with van der Waals surface area (Å²) in [5, 5.41) is 15.6. The Morgan fingerprint density at radius 1 is 1.20 bits per heavy atom. The topological polar surface area (TPSA) is 90.8 Å². The summed E-state index contributed by atoms with van der Waals surface area (Å²) in [6.45, 7) is 4.87. The van der Waals surface area contributed by atoms with Gasteiger partial charge in [-0.1, -0.05) is 12.1 Å². The third-order valence-corrected chi connectivity index (χ3v) is 2.46. The first-order chi connectivity index (χ1) is 9.38. The van der Waals surface area contributed by atoms with Crippen molar-refractivity contribution < 1.29 is 14.7 Å². The maximum absolute atomic E-state index is 12.0. The average molecular weight is 277 g/mol. The summed E-state index contributed by atoms with van der Waals surface area (Å²) in [6.07, 6.45) is 0.323. The average Bonchev–Trinajstić information content (AvgIpc) is 2.37. The third-order valence-electron chi connectivity index (χ3n) is 2.46. The van der Waals surface area contributed by atoms with Crippen LogP contribution in [0, 0.1) is 0 Å². The lowest BCUT2D eigenvalue weighted by Crippen LogP contribution is -2.46. The molecule has 1 aromatic carbocycles. The molecule has 0 aromatic heterocycles. The second kappa shape index (κ2) is 7.28. The van der Waals surface area contributed by atoms with Crippen LogP contribution in [0.2, 0.25) is 0 Å². The zero-order valence-electron chi connectivity index (χ0n) is 11.8. The van der Waals surface area contributed by atoms with Crippen molar-refractivity contribution in [2.24, 2.45) is 5.10 Å². The van der Waals surface area contributed by atoms with Crippen LogP contribution in [0.25, 0.3) is 0 Å². The maximum atomic E-state index is 12.0. The van der Waals surface area contributed by atoms with Crippen LogP contribution in [-0.4, -0.2) is 28.7 Å². The van der Waals surface area contributed by atoms with Crippen LogP contribution in [0.5, 0.6) is 5.75 Å². The molecule has 1 unspecified atom stereocenters. The molecule has 0 bridgehead atoms. The fourth-order valence-electron chi connectivity index (χ4n) is 1.57. The van der Waals surface area contributed by atoms with E-state index in [0.717, 1.165) is 5.56 Å². The molecule has 0 saturated carbocycles. The maximum Gasteiger partial charge on any atom is 0.262 e. The van der Waals surface area contributed by atoms with Gasteiger partial charge in [0.2, 0.25) is 5.91 Å². The second-order valence-electron chi connectivity index (χ2n) is 4.66. The molecule has 0 aliphatic heterocycles. The predicted molar refractivity (Wildman–Crippen MR) is 76.3 cm³/mol. The van der Waals surface area contributed by atoms with Crippen molar-refractivity contribution in [2.75, 3.05) is 0 Å². The molecule has 3 N–H and O–H groups in total. The van der Waals surface area contributed by atoms with E-state index in [-0.39, 0.29) is 17.6 Å². The number of nitrogens with one attached hydrogen (secondary N) is 2. The Labute approximate surface area is 117 Å². The normalized spacial score (nSPS) is 11.3. The molecule has 6 heteroatoms. The minimum absolute atomic E-state index is 0.153. The van der Waals surface area contributed by atoms with E-state index in [1.165, 1.54) is 19.1 Å². The van der Waals surface area contributed by atoms with Gasteiger partial charge in [-0.3, -0.25) is 9.59 Å². The van der Waals surface area contributed by atoms with Crippen molar-refractivity contribution >= 4 is 17.5 Å². The highest BCUT2D eigenvalue weighted by atomic mass is 16.3. The molecule has 1 rings (SSSR count). The minimum Gasteiger partial charge on any atom is -0.508 e. The van der Waals surface area contributed by atoms with Crippen molar-refractivity contribution in [3.05, 3.63) is 29.8 Å². The highest BCUT2D eigenvalue weighted by Gasteiger charge is 2.19. The number of hydrazone groups is 1. The van der Waals surface area contributed by atoms with E-state index in [9.17, 15) is 14.7 Å². The van der Waals surface area contributed by atoms with Gasteiger partial charge in [0.1, 0.15) is 11.8 Å². The molecule has 1 aromatic rings. The van der Waals surface area contributed by atoms with E-state index in [2.05, 4.69) is 15.8 Å². The van der Waals surface area contributed by atoms with Gasteiger partial charge in [-0.05, 0) is 31.5 Å². The Kier molecular flexibility index (Phi) is 5.71. The number of benzene rings is 1. The molecule has 0 spiro atoms. The Morgan fingerprint density at radius 3 is 2.30 bits per heavy atom. The van der Waals surface area contributed by atoms with Crippen molar-refractivity contribution in [2.45, 2.75) is 33.2 Å². The quantitative estimate of drug-likeness (QED) is 0.553. The molecule has 2 amide bonds. The van der Waals surface area contributed by atoms with Crippen LogP contribution in [-0.2, 0) is 16.0 Å². The van der Waals surface area contributed by atoms with Gasteiger partial charge in [0.15, 0.2) is 0 Å². The van der Waals surface area contributed by atoms with Gasteiger partial charge < -0.3 is 10.4 Å². The fourth-order valence-corrected chi connectivity index (χ4v) is 1.57. The van der Waals surface area contributed by atoms with E-state index >= 15 is 0 Å². The van der Waals surface area contributed by atoms with E-state index < -0.39 is 6.04 Å². The van der Waals surface area contributed by atoms with Gasteiger partial charge in [0.05, 0.1) is 0 Å². The first-order valence-corrected chi connectivity index (χ1v) is 6.24. The second-order valence-corrected chi connectivity index (χ2v) is 4.66. The number of hydrogen-bond acceptors (Lipinski definition) is 4.